The van der Waals surface area contributed by atoms with Crippen molar-refractivity contribution >= 4 is 41.0 Å². The normalized spacial score (nSPS) is 12.8. The van der Waals surface area contributed by atoms with Crippen molar-refractivity contribution in [2.75, 3.05) is 19.0 Å². The minimum Gasteiger partial charge on any atom is -0.452 e. The van der Waals surface area contributed by atoms with Crippen molar-refractivity contribution in [3.8, 4) is 0 Å². The monoisotopic (exact) mass is 372 g/mol. The van der Waals surface area contributed by atoms with Crippen LogP contribution in [0.4, 0.5) is 5.69 Å². The molecule has 0 fully saturated rings. The molecule has 7 nitrogen and oxygen atoms in total. The molecule has 8 heteroatoms. The summed E-state index contributed by atoms with van der Waals surface area (Å²) in [4.78, 5) is 48.7. The highest BCUT2D eigenvalue weighted by Gasteiger charge is 2.33. The third-order valence-corrected chi connectivity index (χ3v) is 4.04. The van der Waals surface area contributed by atoms with Gasteiger partial charge in [-0.2, -0.15) is 0 Å². The minimum atomic E-state index is -0.770. The van der Waals surface area contributed by atoms with E-state index in [1.807, 2.05) is 0 Å². The number of halogens is 1. The van der Waals surface area contributed by atoms with Gasteiger partial charge in [0.15, 0.2) is 6.61 Å². The number of carbonyl (C=O) groups excluding carboxylic acids is 4. The number of ether oxygens (including phenoxy) is 1. The Morgan fingerprint density at radius 1 is 1.04 bits per heavy atom. The van der Waals surface area contributed by atoms with Crippen molar-refractivity contribution in [3.63, 3.8) is 0 Å². The number of nitrogens with zero attached hydrogens (tertiary/aromatic N) is 1. The summed E-state index contributed by atoms with van der Waals surface area (Å²) < 4.78 is 4.95. The lowest BCUT2D eigenvalue weighted by Crippen LogP contribution is -2.24. The standard InChI is InChI=1S/C18H13ClN2O5/c1-21-16(23)13-7-2-10(8-14(13)17(21)24)18(25)26-9-15(22)20-12-5-3-11(19)4-6-12/h2-8H,9H2,1H3,(H,20,22). The Labute approximate surface area is 153 Å². The molecule has 3 amide bonds. The van der Waals surface area contributed by atoms with Crippen LogP contribution in [0.1, 0.15) is 31.1 Å². The number of hydrogen-bond acceptors (Lipinski definition) is 5. The quantitative estimate of drug-likeness (QED) is 0.657. The number of rotatable bonds is 4. The lowest BCUT2D eigenvalue weighted by atomic mass is 10.1. The average molecular weight is 373 g/mol. The fourth-order valence-electron chi connectivity index (χ4n) is 2.43. The van der Waals surface area contributed by atoms with Crippen LogP contribution in [-0.4, -0.2) is 42.2 Å². The fraction of sp³-hybridized carbons (Fsp3) is 0.111. The Kier molecular flexibility index (Phi) is 4.73. The maximum atomic E-state index is 12.1. The summed E-state index contributed by atoms with van der Waals surface area (Å²) in [5, 5.41) is 3.09. The molecular weight excluding hydrogens is 360 g/mol. The second-order valence-electron chi connectivity index (χ2n) is 5.56. The van der Waals surface area contributed by atoms with E-state index in [4.69, 9.17) is 16.3 Å². The van der Waals surface area contributed by atoms with Gasteiger partial charge >= 0.3 is 5.97 Å². The smallest absolute Gasteiger partial charge is 0.338 e. The Morgan fingerprint density at radius 2 is 1.69 bits per heavy atom. The van der Waals surface area contributed by atoms with E-state index in [9.17, 15) is 19.2 Å². The molecule has 1 N–H and O–H groups in total. The van der Waals surface area contributed by atoms with Crippen molar-refractivity contribution in [2.24, 2.45) is 0 Å². The molecule has 1 aliphatic heterocycles. The molecule has 0 radical (unpaired) electrons. The van der Waals surface area contributed by atoms with Gasteiger partial charge in [-0.1, -0.05) is 11.6 Å². The maximum Gasteiger partial charge on any atom is 0.338 e. The number of hydrogen-bond donors (Lipinski definition) is 1. The van der Waals surface area contributed by atoms with Crippen molar-refractivity contribution in [1.82, 2.24) is 4.90 Å². The van der Waals surface area contributed by atoms with E-state index in [-0.39, 0.29) is 16.7 Å². The molecule has 26 heavy (non-hydrogen) atoms. The van der Waals surface area contributed by atoms with Crippen LogP contribution in [0, 0.1) is 0 Å². The number of benzene rings is 2. The number of imide groups is 1. The highest BCUT2D eigenvalue weighted by Crippen LogP contribution is 2.23. The molecule has 0 aliphatic carbocycles. The Hall–Kier alpha value is -3.19. The molecule has 1 heterocycles. The van der Waals surface area contributed by atoms with Gasteiger partial charge in [-0.25, -0.2) is 4.79 Å². The third-order valence-electron chi connectivity index (χ3n) is 3.79. The first-order chi connectivity index (χ1) is 12.4. The molecule has 0 spiro atoms. The zero-order chi connectivity index (χ0) is 18.8. The van der Waals surface area contributed by atoms with E-state index < -0.39 is 30.3 Å². The molecule has 0 atom stereocenters. The first-order valence-corrected chi connectivity index (χ1v) is 7.93. The van der Waals surface area contributed by atoms with Gasteiger partial charge in [-0.15, -0.1) is 0 Å². The SMILES string of the molecule is CN1C(=O)c2ccc(C(=O)OCC(=O)Nc3ccc(Cl)cc3)cc2C1=O. The summed E-state index contributed by atoms with van der Waals surface area (Å²) in [6.07, 6.45) is 0. The second-order valence-corrected chi connectivity index (χ2v) is 6.00. The second kappa shape index (κ2) is 6.97. The summed E-state index contributed by atoms with van der Waals surface area (Å²) in [5.74, 6) is -2.20. The Bertz CT molecular complexity index is 924. The first-order valence-electron chi connectivity index (χ1n) is 7.56. The molecular formula is C18H13ClN2O5. The predicted molar refractivity (Wildman–Crippen MR) is 93.2 cm³/mol. The maximum absolute atomic E-state index is 12.1. The summed E-state index contributed by atoms with van der Waals surface area (Å²) in [7, 11) is 1.36. The van der Waals surface area contributed by atoms with Gasteiger partial charge in [0.1, 0.15) is 0 Å². The van der Waals surface area contributed by atoms with E-state index in [1.165, 1.54) is 25.2 Å². The van der Waals surface area contributed by atoms with Crippen molar-refractivity contribution in [2.45, 2.75) is 0 Å². The van der Waals surface area contributed by atoms with Gasteiger partial charge in [0, 0.05) is 17.8 Å². The number of fused-ring (bicyclic) bond motifs is 1. The van der Waals surface area contributed by atoms with Gasteiger partial charge in [0.2, 0.25) is 0 Å². The van der Waals surface area contributed by atoms with Crippen LogP contribution in [0.3, 0.4) is 0 Å². The van der Waals surface area contributed by atoms with Crippen LogP contribution >= 0.6 is 11.6 Å². The summed E-state index contributed by atoms with van der Waals surface area (Å²) in [5.41, 5.74) is 0.965. The molecule has 1 aliphatic rings. The lowest BCUT2D eigenvalue weighted by molar-refractivity contribution is -0.119. The molecule has 0 unspecified atom stereocenters. The minimum absolute atomic E-state index is 0.0829. The van der Waals surface area contributed by atoms with Gasteiger partial charge in [0.25, 0.3) is 17.7 Å². The number of esters is 1. The van der Waals surface area contributed by atoms with E-state index in [0.29, 0.717) is 10.7 Å². The van der Waals surface area contributed by atoms with Crippen LogP contribution in [0.2, 0.25) is 5.02 Å². The Morgan fingerprint density at radius 3 is 2.38 bits per heavy atom. The van der Waals surface area contributed by atoms with Crippen molar-refractivity contribution in [3.05, 3.63) is 64.2 Å². The van der Waals surface area contributed by atoms with Crippen LogP contribution in [0.25, 0.3) is 0 Å². The summed E-state index contributed by atoms with van der Waals surface area (Å²) in [6.45, 7) is -0.495. The van der Waals surface area contributed by atoms with E-state index >= 15 is 0 Å². The van der Waals surface area contributed by atoms with Crippen molar-refractivity contribution in [1.29, 1.82) is 0 Å². The van der Waals surface area contributed by atoms with E-state index in [1.54, 1.807) is 24.3 Å². The summed E-state index contributed by atoms with van der Waals surface area (Å²) >= 11 is 5.76. The van der Waals surface area contributed by atoms with Crippen molar-refractivity contribution < 1.29 is 23.9 Å². The van der Waals surface area contributed by atoms with Crippen LogP contribution in [0.5, 0.6) is 0 Å². The topological polar surface area (TPSA) is 92.8 Å². The Balaban J connectivity index is 1.62. The summed E-state index contributed by atoms with van der Waals surface area (Å²) in [6, 6.07) is 10.5. The zero-order valence-corrected chi connectivity index (χ0v) is 14.4. The van der Waals surface area contributed by atoms with Gasteiger partial charge in [-0.3, -0.25) is 19.3 Å². The highest BCUT2D eigenvalue weighted by atomic mass is 35.5. The lowest BCUT2D eigenvalue weighted by Gasteiger charge is -2.07. The fourth-order valence-corrected chi connectivity index (χ4v) is 2.56. The molecule has 2 aromatic carbocycles. The van der Waals surface area contributed by atoms with Crippen LogP contribution < -0.4 is 5.32 Å². The highest BCUT2D eigenvalue weighted by molar-refractivity contribution is 6.30. The van der Waals surface area contributed by atoms with E-state index in [0.717, 1.165) is 4.90 Å². The first kappa shape index (κ1) is 17.6. The van der Waals surface area contributed by atoms with E-state index in [2.05, 4.69) is 5.32 Å². The molecule has 2 aromatic rings. The number of anilines is 1. The zero-order valence-electron chi connectivity index (χ0n) is 13.6. The molecule has 3 rings (SSSR count). The average Bonchev–Trinajstić information content (AvgIpc) is 2.85. The largest absolute Gasteiger partial charge is 0.452 e. The van der Waals surface area contributed by atoms with Gasteiger partial charge < -0.3 is 10.1 Å². The number of amides is 3. The van der Waals surface area contributed by atoms with Crippen LogP contribution in [0.15, 0.2) is 42.5 Å². The predicted octanol–water partition coefficient (Wildman–Crippen LogP) is 2.36. The molecule has 0 saturated heterocycles. The van der Waals surface area contributed by atoms with Crippen LogP contribution in [-0.2, 0) is 9.53 Å². The molecule has 132 valence electrons. The third kappa shape index (κ3) is 3.43. The number of carbonyl (C=O) groups is 4. The molecule has 0 bridgehead atoms. The van der Waals surface area contributed by atoms with Gasteiger partial charge in [0.05, 0.1) is 16.7 Å². The molecule has 0 aromatic heterocycles. The number of nitrogens with one attached hydrogen (secondary N) is 1. The van der Waals surface area contributed by atoms with Gasteiger partial charge in [-0.05, 0) is 42.5 Å². The molecule has 0 saturated carbocycles.